The second-order valence-electron chi connectivity index (χ2n) is 6.29. The molecule has 1 atom stereocenters. The van der Waals surface area contributed by atoms with Crippen molar-refractivity contribution in [1.82, 2.24) is 15.5 Å². The maximum absolute atomic E-state index is 6.16. The highest BCUT2D eigenvalue weighted by Gasteiger charge is 2.24. The molecule has 0 bridgehead atoms. The summed E-state index contributed by atoms with van der Waals surface area (Å²) in [4.78, 5) is 2.64. The van der Waals surface area contributed by atoms with E-state index in [0.717, 1.165) is 30.6 Å². The normalized spacial score (nSPS) is 25.1. The van der Waals surface area contributed by atoms with Crippen molar-refractivity contribution in [2.24, 2.45) is 5.92 Å². The van der Waals surface area contributed by atoms with Crippen LogP contribution in [-0.4, -0.2) is 44.2 Å². The Balaban J connectivity index is 1.61. The zero-order valence-electron chi connectivity index (χ0n) is 12.7. The van der Waals surface area contributed by atoms with Crippen LogP contribution in [0.25, 0.3) is 0 Å². The fourth-order valence-corrected chi connectivity index (χ4v) is 3.77. The number of hydrogen-bond acceptors (Lipinski definition) is 3. The van der Waals surface area contributed by atoms with E-state index in [1.165, 1.54) is 44.5 Å². The lowest BCUT2D eigenvalue weighted by Crippen LogP contribution is -2.46. The first kappa shape index (κ1) is 15.3. The fraction of sp³-hybridized carbons (Fsp3) is 0.647. The van der Waals surface area contributed by atoms with Crippen molar-refractivity contribution >= 4 is 11.6 Å². The van der Waals surface area contributed by atoms with Crippen molar-refractivity contribution in [3.8, 4) is 0 Å². The van der Waals surface area contributed by atoms with E-state index in [9.17, 15) is 0 Å². The van der Waals surface area contributed by atoms with E-state index in [0.29, 0.717) is 6.04 Å². The van der Waals surface area contributed by atoms with E-state index < -0.39 is 0 Å². The minimum atomic E-state index is 0.471. The molecule has 2 fully saturated rings. The molecular formula is C17H26ClN3. The maximum atomic E-state index is 6.16. The van der Waals surface area contributed by atoms with Crippen molar-refractivity contribution in [2.75, 3.05) is 39.3 Å². The molecule has 0 aromatic heterocycles. The zero-order valence-corrected chi connectivity index (χ0v) is 13.4. The van der Waals surface area contributed by atoms with Crippen LogP contribution in [0.2, 0.25) is 5.02 Å². The second-order valence-corrected chi connectivity index (χ2v) is 6.73. The summed E-state index contributed by atoms with van der Waals surface area (Å²) in [5.41, 5.74) is 1.35. The summed E-state index contributed by atoms with van der Waals surface area (Å²) in [6.07, 6.45) is 4.01. The Morgan fingerprint density at radius 2 is 2.00 bits per heavy atom. The lowest BCUT2D eigenvalue weighted by molar-refractivity contribution is 0.146. The predicted molar refractivity (Wildman–Crippen MR) is 88.8 cm³/mol. The molecule has 4 heteroatoms. The van der Waals surface area contributed by atoms with E-state index >= 15 is 0 Å². The number of nitrogens with one attached hydrogen (secondary N) is 2. The summed E-state index contributed by atoms with van der Waals surface area (Å²) in [5.74, 6) is 0.904. The molecule has 2 heterocycles. The number of rotatable bonds is 4. The minimum absolute atomic E-state index is 0.471. The summed E-state index contributed by atoms with van der Waals surface area (Å²) in [6, 6.07) is 8.83. The largest absolute Gasteiger partial charge is 0.317 e. The monoisotopic (exact) mass is 307 g/mol. The van der Waals surface area contributed by atoms with Crippen LogP contribution >= 0.6 is 11.6 Å². The van der Waals surface area contributed by atoms with Crippen LogP contribution in [0.4, 0.5) is 0 Å². The van der Waals surface area contributed by atoms with Crippen LogP contribution in [0.5, 0.6) is 0 Å². The van der Waals surface area contributed by atoms with Gasteiger partial charge in [-0.25, -0.2) is 0 Å². The van der Waals surface area contributed by atoms with Gasteiger partial charge < -0.3 is 10.6 Å². The van der Waals surface area contributed by atoms with Gasteiger partial charge in [-0.1, -0.05) is 23.7 Å². The van der Waals surface area contributed by atoms with Crippen molar-refractivity contribution in [2.45, 2.75) is 25.3 Å². The molecule has 3 nitrogen and oxygen atoms in total. The third-order valence-electron chi connectivity index (χ3n) is 4.87. The predicted octanol–water partition coefficient (Wildman–Crippen LogP) is 2.68. The van der Waals surface area contributed by atoms with Gasteiger partial charge in [-0.3, -0.25) is 4.90 Å². The second kappa shape index (κ2) is 7.59. The van der Waals surface area contributed by atoms with Gasteiger partial charge >= 0.3 is 0 Å². The first-order chi connectivity index (χ1) is 10.3. The number of piperidine rings is 1. The third kappa shape index (κ3) is 4.19. The molecule has 0 aliphatic carbocycles. The quantitative estimate of drug-likeness (QED) is 0.895. The lowest BCUT2D eigenvalue weighted by Gasteiger charge is -2.37. The summed E-state index contributed by atoms with van der Waals surface area (Å²) in [5, 5.41) is 7.83. The van der Waals surface area contributed by atoms with Gasteiger partial charge in [0, 0.05) is 30.7 Å². The standard InChI is InChI=1S/C17H26ClN3/c18-16-3-1-2-15(12-16)17-13-20-9-11-21(17)10-6-14-4-7-19-8-5-14/h1-3,12,14,17,19-20H,4-11,13H2. The van der Waals surface area contributed by atoms with Gasteiger partial charge in [0.05, 0.1) is 0 Å². The molecule has 2 N–H and O–H groups in total. The molecule has 2 saturated heterocycles. The molecule has 116 valence electrons. The van der Waals surface area contributed by atoms with Crippen LogP contribution in [-0.2, 0) is 0 Å². The van der Waals surface area contributed by atoms with Gasteiger partial charge in [-0.15, -0.1) is 0 Å². The number of nitrogens with zero attached hydrogens (tertiary/aromatic N) is 1. The van der Waals surface area contributed by atoms with Gasteiger partial charge in [0.15, 0.2) is 0 Å². The van der Waals surface area contributed by atoms with Gasteiger partial charge in [0.25, 0.3) is 0 Å². The SMILES string of the molecule is Clc1cccc(C2CNCCN2CCC2CCNCC2)c1. The molecule has 0 radical (unpaired) electrons. The number of hydrogen-bond donors (Lipinski definition) is 2. The first-order valence-electron chi connectivity index (χ1n) is 8.24. The summed E-state index contributed by atoms with van der Waals surface area (Å²) < 4.78 is 0. The topological polar surface area (TPSA) is 27.3 Å². The highest BCUT2D eigenvalue weighted by Crippen LogP contribution is 2.26. The molecule has 1 unspecified atom stereocenters. The molecule has 0 saturated carbocycles. The summed E-state index contributed by atoms with van der Waals surface area (Å²) in [7, 11) is 0. The number of benzene rings is 1. The van der Waals surface area contributed by atoms with Crippen LogP contribution in [0, 0.1) is 5.92 Å². The average Bonchev–Trinajstić information content (AvgIpc) is 2.54. The first-order valence-corrected chi connectivity index (χ1v) is 8.61. The molecule has 1 aromatic rings. The van der Waals surface area contributed by atoms with Crippen molar-refractivity contribution < 1.29 is 0 Å². The van der Waals surface area contributed by atoms with Gasteiger partial charge in [-0.05, 0) is 62.5 Å². The Hall–Kier alpha value is -0.610. The minimum Gasteiger partial charge on any atom is -0.317 e. The molecule has 21 heavy (non-hydrogen) atoms. The Morgan fingerprint density at radius 3 is 2.81 bits per heavy atom. The van der Waals surface area contributed by atoms with E-state index in [1.807, 2.05) is 6.07 Å². The van der Waals surface area contributed by atoms with Crippen LogP contribution in [0.15, 0.2) is 24.3 Å². The summed E-state index contributed by atoms with van der Waals surface area (Å²) in [6.45, 7) is 6.88. The Morgan fingerprint density at radius 1 is 1.14 bits per heavy atom. The average molecular weight is 308 g/mol. The Bertz CT molecular complexity index is 445. The van der Waals surface area contributed by atoms with Gasteiger partial charge in [-0.2, -0.15) is 0 Å². The lowest BCUT2D eigenvalue weighted by atomic mass is 9.93. The number of piperazine rings is 1. The van der Waals surface area contributed by atoms with Gasteiger partial charge in [0.2, 0.25) is 0 Å². The Labute approximate surface area is 133 Å². The van der Waals surface area contributed by atoms with E-state index in [-0.39, 0.29) is 0 Å². The molecule has 1 aromatic carbocycles. The maximum Gasteiger partial charge on any atom is 0.0473 e. The third-order valence-corrected chi connectivity index (χ3v) is 5.11. The fourth-order valence-electron chi connectivity index (χ4n) is 3.58. The highest BCUT2D eigenvalue weighted by molar-refractivity contribution is 6.30. The van der Waals surface area contributed by atoms with Crippen LogP contribution < -0.4 is 10.6 Å². The molecule has 0 amide bonds. The van der Waals surface area contributed by atoms with E-state index in [4.69, 9.17) is 11.6 Å². The van der Waals surface area contributed by atoms with Crippen LogP contribution in [0.3, 0.4) is 0 Å². The molecule has 2 aliphatic heterocycles. The van der Waals surface area contributed by atoms with Gasteiger partial charge in [0.1, 0.15) is 0 Å². The molecule has 2 aliphatic rings. The Kier molecular flexibility index (Phi) is 5.53. The van der Waals surface area contributed by atoms with Crippen LogP contribution in [0.1, 0.15) is 30.9 Å². The smallest absolute Gasteiger partial charge is 0.0473 e. The molecule has 0 spiro atoms. The number of halogens is 1. The highest BCUT2D eigenvalue weighted by atomic mass is 35.5. The summed E-state index contributed by atoms with van der Waals surface area (Å²) >= 11 is 6.16. The van der Waals surface area contributed by atoms with Crippen molar-refractivity contribution in [3.05, 3.63) is 34.9 Å². The van der Waals surface area contributed by atoms with Crippen molar-refractivity contribution in [3.63, 3.8) is 0 Å². The zero-order chi connectivity index (χ0) is 14.5. The van der Waals surface area contributed by atoms with E-state index in [2.05, 4.69) is 33.7 Å². The van der Waals surface area contributed by atoms with E-state index in [1.54, 1.807) is 0 Å². The molecule has 3 rings (SSSR count). The van der Waals surface area contributed by atoms with Crippen molar-refractivity contribution in [1.29, 1.82) is 0 Å². The molecular weight excluding hydrogens is 282 g/mol.